The Hall–Kier alpha value is -2.30. The van der Waals surface area contributed by atoms with Crippen LogP contribution in [0.25, 0.3) is 0 Å². The van der Waals surface area contributed by atoms with Gasteiger partial charge < -0.3 is 5.32 Å². The van der Waals surface area contributed by atoms with Crippen LogP contribution in [0.3, 0.4) is 0 Å². The zero-order valence-corrected chi connectivity index (χ0v) is 10.2. The smallest absolute Gasteiger partial charge is 0.254 e. The molecule has 98 valence electrons. The van der Waals surface area contributed by atoms with Gasteiger partial charge in [0, 0.05) is 18.5 Å². The molecule has 0 radical (unpaired) electrons. The van der Waals surface area contributed by atoms with E-state index in [-0.39, 0.29) is 11.6 Å². The Morgan fingerprint density at radius 3 is 2.53 bits per heavy atom. The minimum absolute atomic E-state index is 0.178. The average molecular weight is 262 g/mol. The van der Waals surface area contributed by atoms with Crippen LogP contribution >= 0.6 is 0 Å². The van der Waals surface area contributed by atoms with Gasteiger partial charge in [-0.05, 0) is 36.8 Å². The Labute approximate surface area is 109 Å². The van der Waals surface area contributed by atoms with Crippen molar-refractivity contribution in [1.29, 1.82) is 0 Å². The summed E-state index contributed by atoms with van der Waals surface area (Å²) in [5, 5.41) is 2.64. The van der Waals surface area contributed by atoms with Crippen LogP contribution in [0.4, 0.5) is 8.78 Å². The second-order valence-electron chi connectivity index (χ2n) is 4.10. The summed E-state index contributed by atoms with van der Waals surface area (Å²) in [4.78, 5) is 15.7. The van der Waals surface area contributed by atoms with Gasteiger partial charge in [-0.25, -0.2) is 8.78 Å². The predicted molar refractivity (Wildman–Crippen MR) is 66.5 cm³/mol. The summed E-state index contributed by atoms with van der Waals surface area (Å²) in [5.74, 6) is -2.17. The number of halogens is 2. The Kier molecular flexibility index (Phi) is 3.85. The predicted octanol–water partition coefficient (Wildman–Crippen LogP) is 2.85. The average Bonchev–Trinajstić information content (AvgIpc) is 2.39. The Morgan fingerprint density at radius 1 is 1.21 bits per heavy atom. The summed E-state index contributed by atoms with van der Waals surface area (Å²) in [6, 6.07) is 6.08. The molecule has 0 fully saturated rings. The van der Waals surface area contributed by atoms with E-state index in [0.717, 1.165) is 17.7 Å². The number of amides is 1. The van der Waals surface area contributed by atoms with Crippen molar-refractivity contribution in [2.45, 2.75) is 13.0 Å². The van der Waals surface area contributed by atoms with Gasteiger partial charge >= 0.3 is 0 Å². The van der Waals surface area contributed by atoms with Gasteiger partial charge in [0.2, 0.25) is 0 Å². The van der Waals surface area contributed by atoms with Crippen molar-refractivity contribution in [3.05, 3.63) is 65.5 Å². The van der Waals surface area contributed by atoms with Gasteiger partial charge in [0.05, 0.1) is 11.6 Å². The SMILES string of the molecule is CC(NC(=O)c1ccc(F)cc1F)c1ccncc1. The van der Waals surface area contributed by atoms with E-state index in [1.807, 2.05) is 0 Å². The highest BCUT2D eigenvalue weighted by Crippen LogP contribution is 2.14. The highest BCUT2D eigenvalue weighted by Gasteiger charge is 2.15. The lowest BCUT2D eigenvalue weighted by molar-refractivity contribution is 0.0935. The summed E-state index contributed by atoms with van der Waals surface area (Å²) in [6.45, 7) is 1.77. The first-order valence-corrected chi connectivity index (χ1v) is 5.74. The molecule has 5 heteroatoms. The lowest BCUT2D eigenvalue weighted by Crippen LogP contribution is -2.27. The maximum Gasteiger partial charge on any atom is 0.254 e. The van der Waals surface area contributed by atoms with Gasteiger partial charge in [-0.2, -0.15) is 0 Å². The molecule has 0 aliphatic rings. The van der Waals surface area contributed by atoms with Crippen molar-refractivity contribution in [2.24, 2.45) is 0 Å². The number of hydrogen-bond acceptors (Lipinski definition) is 2. The molecule has 1 N–H and O–H groups in total. The van der Waals surface area contributed by atoms with Crippen LogP contribution in [0, 0.1) is 11.6 Å². The number of rotatable bonds is 3. The van der Waals surface area contributed by atoms with Crippen LogP contribution in [0.1, 0.15) is 28.9 Å². The zero-order chi connectivity index (χ0) is 13.8. The van der Waals surface area contributed by atoms with E-state index in [2.05, 4.69) is 10.3 Å². The van der Waals surface area contributed by atoms with Gasteiger partial charge in [-0.3, -0.25) is 9.78 Å². The molecule has 0 saturated heterocycles. The number of pyridine rings is 1. The molecule has 0 saturated carbocycles. The Bertz CT molecular complexity index is 587. The number of carbonyl (C=O) groups excluding carboxylic acids is 1. The van der Waals surface area contributed by atoms with Crippen molar-refractivity contribution in [2.75, 3.05) is 0 Å². The third-order valence-electron chi connectivity index (χ3n) is 2.73. The molecule has 1 amide bonds. The van der Waals surface area contributed by atoms with Crippen LogP contribution in [-0.4, -0.2) is 10.9 Å². The highest BCUT2D eigenvalue weighted by molar-refractivity contribution is 5.94. The first-order valence-electron chi connectivity index (χ1n) is 5.74. The van der Waals surface area contributed by atoms with Gasteiger partial charge in [0.1, 0.15) is 11.6 Å². The standard InChI is InChI=1S/C14H12F2N2O/c1-9(10-4-6-17-7-5-10)18-14(19)12-3-2-11(15)8-13(12)16/h2-9H,1H3,(H,18,19). The summed E-state index contributed by atoms with van der Waals surface area (Å²) in [5.41, 5.74) is 0.674. The van der Waals surface area contributed by atoms with Crippen molar-refractivity contribution in [3.63, 3.8) is 0 Å². The third kappa shape index (κ3) is 3.13. The fourth-order valence-electron chi connectivity index (χ4n) is 1.68. The minimum Gasteiger partial charge on any atom is -0.345 e. The second kappa shape index (κ2) is 5.56. The molecule has 0 spiro atoms. The molecule has 1 aromatic carbocycles. The zero-order valence-electron chi connectivity index (χ0n) is 10.2. The van der Waals surface area contributed by atoms with Gasteiger partial charge in [0.15, 0.2) is 0 Å². The Morgan fingerprint density at radius 2 is 1.89 bits per heavy atom. The summed E-state index contributed by atoms with van der Waals surface area (Å²) < 4.78 is 26.2. The summed E-state index contributed by atoms with van der Waals surface area (Å²) in [7, 11) is 0. The van der Waals surface area contributed by atoms with Crippen LogP contribution < -0.4 is 5.32 Å². The maximum atomic E-state index is 13.4. The van der Waals surface area contributed by atoms with E-state index < -0.39 is 17.5 Å². The normalized spacial score (nSPS) is 11.9. The number of hydrogen-bond donors (Lipinski definition) is 1. The molecular weight excluding hydrogens is 250 g/mol. The van der Waals surface area contributed by atoms with Crippen molar-refractivity contribution >= 4 is 5.91 Å². The summed E-state index contributed by atoms with van der Waals surface area (Å²) >= 11 is 0. The minimum atomic E-state index is -0.876. The van der Waals surface area contributed by atoms with Crippen LogP contribution in [0.2, 0.25) is 0 Å². The lowest BCUT2D eigenvalue weighted by Gasteiger charge is -2.14. The number of nitrogens with zero attached hydrogens (tertiary/aromatic N) is 1. The van der Waals surface area contributed by atoms with E-state index in [4.69, 9.17) is 0 Å². The molecular formula is C14H12F2N2O. The molecule has 1 atom stereocenters. The molecule has 1 heterocycles. The fourth-order valence-corrected chi connectivity index (χ4v) is 1.68. The molecule has 1 aromatic heterocycles. The quantitative estimate of drug-likeness (QED) is 0.924. The topological polar surface area (TPSA) is 42.0 Å². The first kappa shape index (κ1) is 13.1. The highest BCUT2D eigenvalue weighted by atomic mass is 19.1. The Balaban J connectivity index is 2.13. The molecule has 0 aliphatic carbocycles. The first-order chi connectivity index (χ1) is 9.08. The monoisotopic (exact) mass is 262 g/mol. The maximum absolute atomic E-state index is 13.4. The van der Waals surface area contributed by atoms with Gasteiger partial charge in [-0.1, -0.05) is 0 Å². The van der Waals surface area contributed by atoms with Gasteiger partial charge in [0.25, 0.3) is 5.91 Å². The molecule has 0 aliphatic heterocycles. The number of carbonyl (C=O) groups is 1. The van der Waals surface area contributed by atoms with Crippen molar-refractivity contribution in [3.8, 4) is 0 Å². The van der Waals surface area contributed by atoms with E-state index in [1.165, 1.54) is 0 Å². The molecule has 1 unspecified atom stereocenters. The molecule has 0 bridgehead atoms. The molecule has 2 rings (SSSR count). The van der Waals surface area contributed by atoms with E-state index in [1.54, 1.807) is 31.5 Å². The fraction of sp³-hybridized carbons (Fsp3) is 0.143. The largest absolute Gasteiger partial charge is 0.345 e. The number of aromatic nitrogens is 1. The van der Waals surface area contributed by atoms with Crippen LogP contribution in [0.15, 0.2) is 42.7 Å². The molecule has 2 aromatic rings. The van der Waals surface area contributed by atoms with Crippen LogP contribution in [-0.2, 0) is 0 Å². The summed E-state index contributed by atoms with van der Waals surface area (Å²) in [6.07, 6.45) is 3.22. The van der Waals surface area contributed by atoms with E-state index in [0.29, 0.717) is 6.07 Å². The molecule has 19 heavy (non-hydrogen) atoms. The van der Waals surface area contributed by atoms with Crippen LogP contribution in [0.5, 0.6) is 0 Å². The third-order valence-corrected chi connectivity index (χ3v) is 2.73. The molecule has 3 nitrogen and oxygen atoms in total. The van der Waals surface area contributed by atoms with Crippen molar-refractivity contribution < 1.29 is 13.6 Å². The lowest BCUT2D eigenvalue weighted by atomic mass is 10.1. The van der Waals surface area contributed by atoms with Crippen molar-refractivity contribution in [1.82, 2.24) is 10.3 Å². The van der Waals surface area contributed by atoms with Gasteiger partial charge in [-0.15, -0.1) is 0 Å². The second-order valence-corrected chi connectivity index (χ2v) is 4.10. The van der Waals surface area contributed by atoms with E-state index in [9.17, 15) is 13.6 Å². The number of nitrogens with one attached hydrogen (secondary N) is 1. The van der Waals surface area contributed by atoms with E-state index >= 15 is 0 Å². The number of benzene rings is 1.